The molecule has 0 saturated carbocycles. The van der Waals surface area contributed by atoms with Gasteiger partial charge >= 0.3 is 0 Å². The molecular formula is C31H34BrN5O5S. The van der Waals surface area contributed by atoms with E-state index >= 15 is 0 Å². The number of carbonyl (C=O) groups excluding carboxylic acids is 2. The Morgan fingerprint density at radius 1 is 1.14 bits per heavy atom. The summed E-state index contributed by atoms with van der Waals surface area (Å²) in [4.78, 5) is 49.1. The molecule has 5 heterocycles. The smallest absolute Gasteiger partial charge is 0.264 e. The number of fused-ring (bicyclic) bond motifs is 1. The molecule has 2 aliphatic heterocycles. The third kappa shape index (κ3) is 5.75. The summed E-state index contributed by atoms with van der Waals surface area (Å²) in [5, 5.41) is 11.9. The van der Waals surface area contributed by atoms with E-state index < -0.39 is 5.60 Å². The van der Waals surface area contributed by atoms with Gasteiger partial charge in [-0.2, -0.15) is 0 Å². The third-order valence-electron chi connectivity index (χ3n) is 8.85. The Balaban J connectivity index is 1.15. The highest BCUT2D eigenvalue weighted by Gasteiger charge is 2.42. The second-order valence-corrected chi connectivity index (χ2v) is 13.9. The zero-order valence-corrected chi connectivity index (χ0v) is 26.5. The van der Waals surface area contributed by atoms with Crippen LogP contribution in [0.2, 0.25) is 0 Å². The minimum atomic E-state index is -1.12. The first-order valence-corrected chi connectivity index (χ1v) is 16.0. The number of carbonyl (C=O) groups is 2. The first-order chi connectivity index (χ1) is 20.7. The summed E-state index contributed by atoms with van der Waals surface area (Å²) in [6.07, 6.45) is 4.56. The molecule has 2 aliphatic rings. The molecule has 0 radical (unpaired) electrons. The summed E-state index contributed by atoms with van der Waals surface area (Å²) in [6.45, 7) is 1.84. The predicted molar refractivity (Wildman–Crippen MR) is 168 cm³/mol. The molecule has 3 aromatic heterocycles. The number of nitrogens with zero attached hydrogens (tertiary/aromatic N) is 5. The lowest BCUT2D eigenvalue weighted by Crippen LogP contribution is -2.53. The van der Waals surface area contributed by atoms with E-state index in [2.05, 4.69) is 20.9 Å². The van der Waals surface area contributed by atoms with E-state index in [1.807, 2.05) is 47.2 Å². The van der Waals surface area contributed by atoms with Crippen LogP contribution >= 0.6 is 27.3 Å². The van der Waals surface area contributed by atoms with Gasteiger partial charge < -0.3 is 24.2 Å². The number of hydrogen-bond donors (Lipinski definition) is 1. The summed E-state index contributed by atoms with van der Waals surface area (Å²) < 4.78 is 9.38. The highest BCUT2D eigenvalue weighted by Crippen LogP contribution is 2.38. The van der Waals surface area contributed by atoms with Crippen molar-refractivity contribution in [3.05, 3.63) is 79.6 Å². The van der Waals surface area contributed by atoms with Gasteiger partial charge in [-0.1, -0.05) is 30.3 Å². The van der Waals surface area contributed by atoms with Gasteiger partial charge in [-0.05, 0) is 46.8 Å². The van der Waals surface area contributed by atoms with Gasteiger partial charge in [0.25, 0.3) is 11.5 Å². The Kier molecular flexibility index (Phi) is 8.18. The predicted octanol–water partition coefficient (Wildman–Crippen LogP) is 3.87. The number of piperidine rings is 2. The molecule has 10 nitrogen and oxygen atoms in total. The number of thiophene rings is 1. The fraction of sp³-hybridized carbons (Fsp3) is 0.419. The van der Waals surface area contributed by atoms with E-state index in [0.717, 1.165) is 9.35 Å². The molecule has 2 atom stereocenters. The summed E-state index contributed by atoms with van der Waals surface area (Å²) in [7, 11) is 3.41. The monoisotopic (exact) mass is 667 g/mol. The lowest BCUT2D eigenvalue weighted by atomic mass is 9.79. The van der Waals surface area contributed by atoms with Crippen LogP contribution in [0.5, 0.6) is 5.75 Å². The van der Waals surface area contributed by atoms with Crippen molar-refractivity contribution in [3.63, 3.8) is 0 Å². The topological polar surface area (TPSA) is 110 Å². The molecule has 0 spiro atoms. The van der Waals surface area contributed by atoms with Gasteiger partial charge in [0.15, 0.2) is 0 Å². The molecular weight excluding hydrogens is 634 g/mol. The standard InChI is InChI=1S/C31H34BrN5O5S/c1-34-12-8-22-27(34)33-19-37(29(22)39)18-31(41)10-14-35(15-11-31)28(38)21-9-13-36(17-23(21)20-6-4-3-5-7-20)30(40)25-16-24(42-2)26(32)43-25/h3-8,12,16,19,21,23,41H,9-11,13-15,17-18H2,1-2H3/t21-,23+/m1/s1. The number of aromatic nitrogens is 3. The Morgan fingerprint density at radius 3 is 2.58 bits per heavy atom. The van der Waals surface area contributed by atoms with E-state index in [1.54, 1.807) is 30.0 Å². The summed E-state index contributed by atoms with van der Waals surface area (Å²) in [5.41, 5.74) is 0.338. The van der Waals surface area contributed by atoms with Gasteiger partial charge in [0, 0.05) is 57.3 Å². The molecule has 12 heteroatoms. The molecule has 0 bridgehead atoms. The van der Waals surface area contributed by atoms with Crippen LogP contribution in [-0.4, -0.2) is 79.7 Å². The van der Waals surface area contributed by atoms with Crippen LogP contribution in [0, 0.1) is 5.92 Å². The first-order valence-electron chi connectivity index (χ1n) is 14.4. The number of halogens is 1. The molecule has 4 aromatic rings. The highest BCUT2D eigenvalue weighted by atomic mass is 79.9. The fourth-order valence-electron chi connectivity index (χ4n) is 6.37. The average molecular weight is 669 g/mol. The van der Waals surface area contributed by atoms with E-state index in [1.165, 1.54) is 22.2 Å². The van der Waals surface area contributed by atoms with Crippen molar-refractivity contribution in [2.45, 2.75) is 37.3 Å². The maximum atomic E-state index is 14.0. The van der Waals surface area contributed by atoms with Gasteiger partial charge in [-0.3, -0.25) is 19.0 Å². The molecule has 1 aromatic carbocycles. The van der Waals surface area contributed by atoms with Crippen LogP contribution in [-0.2, 0) is 18.4 Å². The van der Waals surface area contributed by atoms with Crippen molar-refractivity contribution >= 4 is 50.1 Å². The number of aryl methyl sites for hydroxylation is 1. The van der Waals surface area contributed by atoms with E-state index in [-0.39, 0.29) is 35.8 Å². The number of rotatable bonds is 6. The summed E-state index contributed by atoms with van der Waals surface area (Å²) in [5.74, 6) is 0.175. The molecule has 0 aliphatic carbocycles. The lowest BCUT2D eigenvalue weighted by Gasteiger charge is -2.43. The number of benzene rings is 1. The average Bonchev–Trinajstić information content (AvgIpc) is 3.60. The number of hydrogen-bond acceptors (Lipinski definition) is 7. The normalized spacial score (nSPS) is 20.4. The number of ether oxygens (including phenoxy) is 1. The fourth-order valence-corrected chi connectivity index (χ4v) is 7.99. The Morgan fingerprint density at radius 2 is 1.88 bits per heavy atom. The van der Waals surface area contributed by atoms with Crippen LogP contribution in [0.3, 0.4) is 0 Å². The molecule has 43 heavy (non-hydrogen) atoms. The number of methoxy groups -OCH3 is 1. The molecule has 2 fully saturated rings. The zero-order valence-electron chi connectivity index (χ0n) is 24.1. The van der Waals surface area contributed by atoms with Crippen LogP contribution < -0.4 is 10.3 Å². The minimum absolute atomic E-state index is 0.0491. The van der Waals surface area contributed by atoms with Gasteiger partial charge in [0.1, 0.15) is 21.5 Å². The van der Waals surface area contributed by atoms with Crippen LogP contribution in [0.4, 0.5) is 0 Å². The SMILES string of the molecule is COc1cc(C(=O)N2CC[C@@H](C(=O)N3CCC(O)(Cn4cnc5c(ccn5C)c4=O)CC3)[C@H](c3ccccc3)C2)sc1Br. The third-order valence-corrected chi connectivity index (χ3v) is 10.6. The van der Waals surface area contributed by atoms with Crippen LogP contribution in [0.1, 0.15) is 40.4 Å². The molecule has 0 unspecified atom stereocenters. The minimum Gasteiger partial charge on any atom is -0.495 e. The van der Waals surface area contributed by atoms with Crippen molar-refractivity contribution < 1.29 is 19.4 Å². The molecule has 2 amide bonds. The van der Waals surface area contributed by atoms with E-state index in [9.17, 15) is 19.5 Å². The second-order valence-electron chi connectivity index (χ2n) is 11.5. The largest absolute Gasteiger partial charge is 0.495 e. The van der Waals surface area contributed by atoms with Crippen molar-refractivity contribution in [1.82, 2.24) is 23.9 Å². The van der Waals surface area contributed by atoms with E-state index in [4.69, 9.17) is 4.74 Å². The van der Waals surface area contributed by atoms with Gasteiger partial charge in [-0.15, -0.1) is 11.3 Å². The van der Waals surface area contributed by atoms with Crippen molar-refractivity contribution in [3.8, 4) is 5.75 Å². The van der Waals surface area contributed by atoms with Gasteiger partial charge in [-0.25, -0.2) is 4.98 Å². The first kappa shape index (κ1) is 29.6. The highest BCUT2D eigenvalue weighted by molar-refractivity contribution is 9.11. The second kappa shape index (κ2) is 11.9. The number of likely N-dealkylation sites (tertiary alicyclic amines) is 2. The lowest BCUT2D eigenvalue weighted by molar-refractivity contribution is -0.142. The molecule has 1 N–H and O–H groups in total. The van der Waals surface area contributed by atoms with Gasteiger partial charge in [0.05, 0.1) is 29.5 Å². The molecule has 2 saturated heterocycles. The molecule has 6 rings (SSSR count). The number of aliphatic hydroxyl groups is 1. The Labute approximate surface area is 261 Å². The Hall–Kier alpha value is -3.48. The molecule has 226 valence electrons. The summed E-state index contributed by atoms with van der Waals surface area (Å²) >= 11 is 4.81. The van der Waals surface area contributed by atoms with Crippen molar-refractivity contribution in [2.24, 2.45) is 13.0 Å². The number of amides is 2. The summed E-state index contributed by atoms with van der Waals surface area (Å²) in [6, 6.07) is 13.4. The maximum absolute atomic E-state index is 14.0. The van der Waals surface area contributed by atoms with Crippen molar-refractivity contribution in [2.75, 3.05) is 33.3 Å². The van der Waals surface area contributed by atoms with Crippen molar-refractivity contribution in [1.29, 1.82) is 0 Å². The van der Waals surface area contributed by atoms with Gasteiger partial charge in [0.2, 0.25) is 5.91 Å². The van der Waals surface area contributed by atoms with Crippen LogP contribution in [0.25, 0.3) is 11.0 Å². The Bertz CT molecular complexity index is 1710. The van der Waals surface area contributed by atoms with E-state index in [0.29, 0.717) is 67.1 Å². The zero-order chi connectivity index (χ0) is 30.3. The quantitative estimate of drug-likeness (QED) is 0.334. The van der Waals surface area contributed by atoms with Crippen LogP contribution in [0.15, 0.2) is 63.6 Å². The maximum Gasteiger partial charge on any atom is 0.264 e.